The summed E-state index contributed by atoms with van der Waals surface area (Å²) in [6.07, 6.45) is 0.483. The van der Waals surface area contributed by atoms with E-state index in [4.69, 9.17) is 9.72 Å². The van der Waals surface area contributed by atoms with Gasteiger partial charge in [-0.25, -0.2) is 9.18 Å². The van der Waals surface area contributed by atoms with Crippen molar-refractivity contribution in [1.82, 2.24) is 9.88 Å². The van der Waals surface area contributed by atoms with Gasteiger partial charge in [0.2, 0.25) is 0 Å². The maximum atomic E-state index is 13.7. The first-order chi connectivity index (χ1) is 15.3. The number of fused-ring (bicyclic) bond motifs is 1. The van der Waals surface area contributed by atoms with Gasteiger partial charge in [-0.15, -0.1) is 0 Å². The molecule has 0 fully saturated rings. The summed E-state index contributed by atoms with van der Waals surface area (Å²) >= 11 is 0. The second kappa shape index (κ2) is 9.37. The van der Waals surface area contributed by atoms with Crippen molar-refractivity contribution in [3.63, 3.8) is 0 Å². The zero-order valence-electron chi connectivity index (χ0n) is 20.8. The highest BCUT2D eigenvalue weighted by Crippen LogP contribution is 2.41. The summed E-state index contributed by atoms with van der Waals surface area (Å²) in [6.45, 7) is 16.0. The van der Waals surface area contributed by atoms with Crippen LogP contribution < -0.4 is 0 Å². The molecule has 2 heterocycles. The molecule has 3 rings (SSSR count). The van der Waals surface area contributed by atoms with Crippen LogP contribution in [0.4, 0.5) is 9.18 Å². The molecule has 0 saturated heterocycles. The van der Waals surface area contributed by atoms with Crippen molar-refractivity contribution in [3.8, 4) is 11.1 Å². The number of aldehydes is 1. The lowest BCUT2D eigenvalue weighted by Crippen LogP contribution is -2.46. The Hall–Kier alpha value is -2.54. The van der Waals surface area contributed by atoms with E-state index >= 15 is 0 Å². The van der Waals surface area contributed by atoms with Crippen LogP contribution in [-0.2, 0) is 16.7 Å². The van der Waals surface area contributed by atoms with Crippen molar-refractivity contribution in [2.24, 2.45) is 0 Å². The first kappa shape index (κ1) is 25.1. The highest BCUT2D eigenvalue weighted by Gasteiger charge is 2.39. The third-order valence-corrected chi connectivity index (χ3v) is 7.78. The van der Waals surface area contributed by atoms with Crippen molar-refractivity contribution >= 4 is 20.5 Å². The number of halogens is 1. The van der Waals surface area contributed by atoms with Crippen LogP contribution in [0.2, 0.25) is 25.7 Å². The van der Waals surface area contributed by atoms with Crippen LogP contribution in [0.15, 0.2) is 24.3 Å². The van der Waals surface area contributed by atoms with Crippen LogP contribution in [0, 0.1) is 5.82 Å². The minimum absolute atomic E-state index is 0.0371. The molecule has 0 aliphatic carbocycles. The summed E-state index contributed by atoms with van der Waals surface area (Å²) in [5, 5.41) is 0. The van der Waals surface area contributed by atoms with Gasteiger partial charge < -0.3 is 9.64 Å². The molecule has 0 unspecified atom stereocenters. The Bertz CT molecular complexity index is 1040. The monoisotopic (exact) mass is 470 g/mol. The van der Waals surface area contributed by atoms with Crippen molar-refractivity contribution in [1.29, 1.82) is 0 Å². The van der Waals surface area contributed by atoms with Gasteiger partial charge in [-0.3, -0.25) is 9.78 Å². The number of benzene rings is 1. The minimum atomic E-state index is -1.32. The molecule has 1 aliphatic rings. The van der Waals surface area contributed by atoms with E-state index in [-0.39, 0.29) is 17.8 Å². The van der Waals surface area contributed by atoms with E-state index < -0.39 is 13.5 Å². The fourth-order valence-electron chi connectivity index (χ4n) is 4.34. The number of carbonyl (C=O) groups is 2. The molecule has 1 aliphatic heterocycles. The maximum absolute atomic E-state index is 13.7. The van der Waals surface area contributed by atoms with Gasteiger partial charge in [-0.1, -0.05) is 59.5 Å². The van der Waals surface area contributed by atoms with E-state index in [0.29, 0.717) is 25.3 Å². The van der Waals surface area contributed by atoms with Gasteiger partial charge in [0, 0.05) is 36.7 Å². The molecule has 178 valence electrons. The molecular formula is C26H35FN2O3Si. The average molecular weight is 471 g/mol. The maximum Gasteiger partial charge on any atom is 0.410 e. The third-order valence-electron chi connectivity index (χ3n) is 6.07. The van der Waals surface area contributed by atoms with E-state index in [0.717, 1.165) is 40.4 Å². The quantitative estimate of drug-likeness (QED) is 0.362. The number of pyridine rings is 1. The van der Waals surface area contributed by atoms with E-state index in [1.165, 1.54) is 12.1 Å². The fourth-order valence-corrected chi connectivity index (χ4v) is 5.05. The van der Waals surface area contributed by atoms with Crippen molar-refractivity contribution in [3.05, 3.63) is 52.6 Å². The second-order valence-electron chi connectivity index (χ2n) is 11.1. The molecule has 0 radical (unpaired) electrons. The summed E-state index contributed by atoms with van der Waals surface area (Å²) in [4.78, 5) is 31.9. The fraction of sp³-hybridized carbons (Fsp3) is 0.500. The molecule has 7 heteroatoms. The first-order valence-corrected chi connectivity index (χ1v) is 15.2. The first-order valence-electron chi connectivity index (χ1n) is 11.5. The van der Waals surface area contributed by atoms with Crippen LogP contribution in [0.25, 0.3) is 11.1 Å². The lowest BCUT2D eigenvalue weighted by molar-refractivity contribution is 0.0906. The summed E-state index contributed by atoms with van der Waals surface area (Å²) in [7, 11) is -1.32. The summed E-state index contributed by atoms with van der Waals surface area (Å²) in [5.74, 6) is -0.304. The van der Waals surface area contributed by atoms with Gasteiger partial charge in [0.15, 0.2) is 6.29 Å². The predicted octanol–water partition coefficient (Wildman–Crippen LogP) is 6.39. The SMILES string of the molecule is CC(C)c1nc2c(c(-c3ccc(F)cc3)c1C=O)CN(C(=O)OCC[Si](C)(C)C)CC2(C)C. The Kier molecular flexibility index (Phi) is 7.12. The molecular weight excluding hydrogens is 435 g/mol. The zero-order valence-corrected chi connectivity index (χ0v) is 21.8. The van der Waals surface area contributed by atoms with Crippen molar-refractivity contribution in [2.75, 3.05) is 13.2 Å². The van der Waals surface area contributed by atoms with Crippen LogP contribution in [0.5, 0.6) is 0 Å². The molecule has 0 saturated carbocycles. The Morgan fingerprint density at radius 3 is 2.42 bits per heavy atom. The van der Waals surface area contributed by atoms with E-state index in [1.54, 1.807) is 17.0 Å². The molecule has 33 heavy (non-hydrogen) atoms. The van der Waals surface area contributed by atoms with Crippen molar-refractivity contribution in [2.45, 2.75) is 71.3 Å². The molecule has 1 aromatic heterocycles. The molecule has 5 nitrogen and oxygen atoms in total. The number of ether oxygens (including phenoxy) is 1. The number of carbonyl (C=O) groups excluding carboxylic acids is 2. The molecule has 0 bridgehead atoms. The molecule has 0 spiro atoms. The van der Waals surface area contributed by atoms with Gasteiger partial charge in [0.05, 0.1) is 24.5 Å². The van der Waals surface area contributed by atoms with Crippen molar-refractivity contribution < 1.29 is 18.7 Å². The number of amides is 1. The van der Waals surface area contributed by atoms with Gasteiger partial charge in [-0.05, 0) is 29.7 Å². The topological polar surface area (TPSA) is 59.5 Å². The Balaban J connectivity index is 2.11. The van der Waals surface area contributed by atoms with Crippen LogP contribution in [0.1, 0.15) is 60.9 Å². The molecule has 0 N–H and O–H groups in total. The lowest BCUT2D eigenvalue weighted by atomic mass is 9.78. The van der Waals surface area contributed by atoms with Gasteiger partial charge in [0.25, 0.3) is 0 Å². The lowest BCUT2D eigenvalue weighted by Gasteiger charge is -2.40. The average Bonchev–Trinajstić information content (AvgIpc) is 2.71. The molecule has 1 amide bonds. The standard InChI is InChI=1S/C26H35FN2O3Si/c1-17(2)23-21(15-30)22(18-8-10-19(27)11-9-18)20-14-29(16-26(3,4)24(20)28-23)25(31)32-12-13-33(5,6)7/h8-11,15,17H,12-14,16H2,1-7H3. The number of rotatable bonds is 6. The van der Waals surface area contributed by atoms with Gasteiger partial charge in [0.1, 0.15) is 5.82 Å². The van der Waals surface area contributed by atoms with Gasteiger partial charge >= 0.3 is 6.09 Å². The largest absolute Gasteiger partial charge is 0.450 e. The number of nitrogens with zero attached hydrogens (tertiary/aromatic N) is 2. The third kappa shape index (κ3) is 5.51. The Morgan fingerprint density at radius 2 is 1.88 bits per heavy atom. The highest BCUT2D eigenvalue weighted by molar-refractivity contribution is 6.76. The normalized spacial score (nSPS) is 15.4. The molecule has 0 atom stereocenters. The van der Waals surface area contributed by atoms with Crippen LogP contribution in [0.3, 0.4) is 0 Å². The van der Waals surface area contributed by atoms with E-state index in [2.05, 4.69) is 33.5 Å². The molecule has 1 aromatic carbocycles. The van der Waals surface area contributed by atoms with Gasteiger partial charge in [-0.2, -0.15) is 0 Å². The number of hydrogen-bond donors (Lipinski definition) is 0. The van der Waals surface area contributed by atoms with Crippen LogP contribution in [-0.4, -0.2) is 43.5 Å². The summed E-state index contributed by atoms with van der Waals surface area (Å²) < 4.78 is 19.3. The zero-order chi connectivity index (χ0) is 24.6. The summed E-state index contributed by atoms with van der Waals surface area (Å²) in [5.41, 5.74) is 3.96. The molecule has 2 aromatic rings. The minimum Gasteiger partial charge on any atom is -0.450 e. The van der Waals surface area contributed by atoms with Crippen LogP contribution >= 0.6 is 0 Å². The second-order valence-corrected chi connectivity index (χ2v) is 16.7. The predicted molar refractivity (Wildman–Crippen MR) is 132 cm³/mol. The number of aromatic nitrogens is 1. The Labute approximate surface area is 197 Å². The van der Waals surface area contributed by atoms with E-state index in [1.807, 2.05) is 13.8 Å². The Morgan fingerprint density at radius 1 is 1.24 bits per heavy atom. The highest BCUT2D eigenvalue weighted by atomic mass is 28.3. The summed E-state index contributed by atoms with van der Waals surface area (Å²) in [6, 6.07) is 7.05. The smallest absolute Gasteiger partial charge is 0.410 e. The number of hydrogen-bond acceptors (Lipinski definition) is 4. The van der Waals surface area contributed by atoms with E-state index in [9.17, 15) is 14.0 Å².